The van der Waals surface area contributed by atoms with E-state index in [4.69, 9.17) is 0 Å². The van der Waals surface area contributed by atoms with Gasteiger partial charge in [-0.1, -0.05) is 0 Å². The van der Waals surface area contributed by atoms with Crippen LogP contribution in [0.5, 0.6) is 0 Å². The van der Waals surface area contributed by atoms with Crippen molar-refractivity contribution in [1.82, 2.24) is 10.2 Å². The third kappa shape index (κ3) is 1.31. The molecule has 2 aliphatic rings. The van der Waals surface area contributed by atoms with Crippen molar-refractivity contribution in [2.24, 2.45) is 0 Å². The summed E-state index contributed by atoms with van der Waals surface area (Å²) >= 11 is 2.03. The SMILES string of the molecule is C1C[N]C(N2CCSC2)C1. The average molecular weight is 157 g/mol. The molecule has 2 heterocycles. The molecule has 1 radical (unpaired) electrons. The molecular formula is C7H13N2S. The second kappa shape index (κ2) is 3.11. The quantitative estimate of drug-likeness (QED) is 0.558. The number of hydrogen-bond donors (Lipinski definition) is 0. The third-order valence-electron chi connectivity index (χ3n) is 2.16. The highest BCUT2D eigenvalue weighted by molar-refractivity contribution is 7.99. The highest BCUT2D eigenvalue weighted by Gasteiger charge is 2.25. The number of hydrogen-bond acceptors (Lipinski definition) is 2. The molecule has 3 heteroatoms. The molecule has 0 spiro atoms. The molecule has 1 unspecified atom stereocenters. The zero-order valence-electron chi connectivity index (χ0n) is 6.12. The predicted molar refractivity (Wildman–Crippen MR) is 44.1 cm³/mol. The van der Waals surface area contributed by atoms with Gasteiger partial charge in [-0.05, 0) is 12.8 Å². The molecule has 0 aromatic carbocycles. The highest BCUT2D eigenvalue weighted by Crippen LogP contribution is 2.20. The Bertz CT molecular complexity index is 92.2. The molecule has 2 rings (SSSR count). The molecule has 0 bridgehead atoms. The topological polar surface area (TPSA) is 17.3 Å². The fourth-order valence-corrected chi connectivity index (χ4v) is 2.60. The molecule has 2 fully saturated rings. The van der Waals surface area contributed by atoms with E-state index in [1.165, 1.54) is 31.0 Å². The summed E-state index contributed by atoms with van der Waals surface area (Å²) in [4.78, 5) is 2.50. The van der Waals surface area contributed by atoms with Gasteiger partial charge in [0, 0.05) is 24.7 Å². The molecular weight excluding hydrogens is 144 g/mol. The van der Waals surface area contributed by atoms with Crippen molar-refractivity contribution >= 4 is 11.8 Å². The number of thioether (sulfide) groups is 1. The van der Waals surface area contributed by atoms with Crippen LogP contribution in [0.2, 0.25) is 0 Å². The van der Waals surface area contributed by atoms with Gasteiger partial charge in [-0.2, -0.15) is 0 Å². The van der Waals surface area contributed by atoms with Crippen molar-refractivity contribution in [1.29, 1.82) is 0 Å². The van der Waals surface area contributed by atoms with E-state index in [0.717, 1.165) is 6.54 Å². The van der Waals surface area contributed by atoms with Gasteiger partial charge in [0.15, 0.2) is 0 Å². The molecule has 0 aromatic heterocycles. The minimum absolute atomic E-state index is 0.593. The van der Waals surface area contributed by atoms with Gasteiger partial charge in [0.1, 0.15) is 0 Å². The predicted octanol–water partition coefficient (Wildman–Crippen LogP) is 0.717. The fourth-order valence-electron chi connectivity index (χ4n) is 1.57. The molecule has 0 saturated carbocycles. The van der Waals surface area contributed by atoms with Gasteiger partial charge in [0.2, 0.25) is 0 Å². The largest absolute Gasteiger partial charge is 0.277 e. The maximum Gasteiger partial charge on any atom is 0.0768 e. The molecule has 2 saturated heterocycles. The van der Waals surface area contributed by atoms with Gasteiger partial charge >= 0.3 is 0 Å². The van der Waals surface area contributed by atoms with Crippen LogP contribution in [-0.4, -0.2) is 35.8 Å². The van der Waals surface area contributed by atoms with Crippen molar-refractivity contribution in [3.8, 4) is 0 Å². The summed E-state index contributed by atoms with van der Waals surface area (Å²) in [6, 6.07) is 0. The Labute approximate surface area is 66.4 Å². The molecule has 57 valence electrons. The lowest BCUT2D eigenvalue weighted by atomic mass is 10.3. The summed E-state index contributed by atoms with van der Waals surface area (Å²) < 4.78 is 0. The Kier molecular flexibility index (Phi) is 2.16. The van der Waals surface area contributed by atoms with Gasteiger partial charge in [-0.3, -0.25) is 4.90 Å². The van der Waals surface area contributed by atoms with Crippen molar-refractivity contribution in [3.63, 3.8) is 0 Å². The third-order valence-corrected chi connectivity index (χ3v) is 3.15. The van der Waals surface area contributed by atoms with Crippen LogP contribution in [0.25, 0.3) is 0 Å². The highest BCUT2D eigenvalue weighted by atomic mass is 32.2. The van der Waals surface area contributed by atoms with Crippen LogP contribution in [0, 0.1) is 0 Å². The van der Waals surface area contributed by atoms with Crippen LogP contribution in [0.1, 0.15) is 12.8 Å². The van der Waals surface area contributed by atoms with Crippen LogP contribution in [0.4, 0.5) is 0 Å². The average Bonchev–Trinajstić information content (AvgIpc) is 2.59. The normalized spacial score (nSPS) is 35.4. The zero-order chi connectivity index (χ0) is 6.81. The molecule has 0 aliphatic carbocycles. The van der Waals surface area contributed by atoms with Gasteiger partial charge in [-0.25, -0.2) is 5.32 Å². The Balaban J connectivity index is 1.85. The van der Waals surface area contributed by atoms with E-state index in [9.17, 15) is 0 Å². The first kappa shape index (κ1) is 6.95. The van der Waals surface area contributed by atoms with Crippen molar-refractivity contribution in [3.05, 3.63) is 0 Å². The van der Waals surface area contributed by atoms with Crippen LogP contribution < -0.4 is 5.32 Å². The lowest BCUT2D eigenvalue weighted by Gasteiger charge is -2.20. The lowest BCUT2D eigenvalue weighted by molar-refractivity contribution is 0.234. The summed E-state index contributed by atoms with van der Waals surface area (Å²) in [5.74, 6) is 2.53. The lowest BCUT2D eigenvalue weighted by Crippen LogP contribution is -2.36. The first-order chi connectivity index (χ1) is 4.97. The first-order valence-electron chi connectivity index (χ1n) is 3.95. The molecule has 1 atom stereocenters. The molecule has 0 aromatic rings. The van der Waals surface area contributed by atoms with Crippen molar-refractivity contribution in [2.45, 2.75) is 19.0 Å². The molecule has 0 N–H and O–H groups in total. The van der Waals surface area contributed by atoms with E-state index in [2.05, 4.69) is 10.2 Å². The fraction of sp³-hybridized carbons (Fsp3) is 1.00. The Morgan fingerprint density at radius 1 is 1.50 bits per heavy atom. The molecule has 0 amide bonds. The van der Waals surface area contributed by atoms with Gasteiger partial charge in [0.05, 0.1) is 6.17 Å². The summed E-state index contributed by atoms with van der Waals surface area (Å²) in [7, 11) is 0. The van der Waals surface area contributed by atoms with Gasteiger partial charge in [-0.15, -0.1) is 11.8 Å². The second-order valence-corrected chi connectivity index (χ2v) is 3.95. The maximum atomic E-state index is 4.53. The minimum Gasteiger partial charge on any atom is -0.277 e. The zero-order valence-corrected chi connectivity index (χ0v) is 6.94. The van der Waals surface area contributed by atoms with E-state index >= 15 is 0 Å². The summed E-state index contributed by atoms with van der Waals surface area (Å²) in [6.07, 6.45) is 3.21. The Morgan fingerprint density at radius 3 is 3.10 bits per heavy atom. The van der Waals surface area contributed by atoms with E-state index in [-0.39, 0.29) is 0 Å². The summed E-state index contributed by atoms with van der Waals surface area (Å²) in [5, 5.41) is 4.53. The van der Waals surface area contributed by atoms with Gasteiger partial charge in [0.25, 0.3) is 0 Å². The number of nitrogens with zero attached hydrogens (tertiary/aromatic N) is 2. The molecule has 2 nitrogen and oxygen atoms in total. The van der Waals surface area contributed by atoms with E-state index in [0.29, 0.717) is 6.17 Å². The minimum atomic E-state index is 0.593. The summed E-state index contributed by atoms with van der Waals surface area (Å²) in [5.41, 5.74) is 0. The van der Waals surface area contributed by atoms with Gasteiger partial charge < -0.3 is 0 Å². The van der Waals surface area contributed by atoms with Crippen molar-refractivity contribution in [2.75, 3.05) is 24.7 Å². The van der Waals surface area contributed by atoms with E-state index < -0.39 is 0 Å². The maximum absolute atomic E-state index is 4.53. The first-order valence-corrected chi connectivity index (χ1v) is 5.11. The molecule has 2 aliphatic heterocycles. The van der Waals surface area contributed by atoms with E-state index in [1.807, 2.05) is 11.8 Å². The van der Waals surface area contributed by atoms with Crippen molar-refractivity contribution < 1.29 is 0 Å². The Hall–Kier alpha value is 0.270. The van der Waals surface area contributed by atoms with Crippen LogP contribution in [0.15, 0.2) is 0 Å². The molecule has 10 heavy (non-hydrogen) atoms. The van der Waals surface area contributed by atoms with Crippen LogP contribution >= 0.6 is 11.8 Å². The number of rotatable bonds is 1. The smallest absolute Gasteiger partial charge is 0.0768 e. The van der Waals surface area contributed by atoms with Crippen LogP contribution in [0.3, 0.4) is 0 Å². The monoisotopic (exact) mass is 157 g/mol. The van der Waals surface area contributed by atoms with E-state index in [1.54, 1.807) is 0 Å². The Morgan fingerprint density at radius 2 is 2.50 bits per heavy atom. The standard InChI is InChI=1S/C7H13N2S/c1-2-7(8-3-1)9-4-5-10-6-9/h7H,1-6H2. The van der Waals surface area contributed by atoms with Crippen LogP contribution in [-0.2, 0) is 0 Å². The second-order valence-electron chi connectivity index (χ2n) is 2.88. The summed E-state index contributed by atoms with van der Waals surface area (Å²) in [6.45, 7) is 2.37.